The number of carbonyl (C=O) groups excluding carboxylic acids is 1. The lowest BCUT2D eigenvalue weighted by atomic mass is 10.2. The van der Waals surface area contributed by atoms with Crippen LogP contribution in [-0.4, -0.2) is 44.0 Å². The molecule has 0 aliphatic rings. The summed E-state index contributed by atoms with van der Waals surface area (Å²) in [5.41, 5.74) is 3.50. The number of alkyl halides is 2. The van der Waals surface area contributed by atoms with Gasteiger partial charge >= 0.3 is 6.61 Å². The second kappa shape index (κ2) is 8.01. The third-order valence-corrected chi connectivity index (χ3v) is 4.74. The van der Waals surface area contributed by atoms with Crippen molar-refractivity contribution in [1.29, 1.82) is 0 Å². The van der Waals surface area contributed by atoms with E-state index in [1.165, 1.54) is 25.3 Å². The van der Waals surface area contributed by atoms with Crippen molar-refractivity contribution in [3.8, 4) is 22.8 Å². The molecule has 0 bridgehead atoms. The molecule has 3 heterocycles. The van der Waals surface area contributed by atoms with Crippen LogP contribution in [0.3, 0.4) is 0 Å². The van der Waals surface area contributed by atoms with Crippen molar-refractivity contribution in [3.63, 3.8) is 0 Å². The van der Waals surface area contributed by atoms with Crippen LogP contribution in [0.4, 0.5) is 14.5 Å². The number of aryl methyl sites for hydroxylation is 1. The number of halogens is 2. The van der Waals surface area contributed by atoms with Gasteiger partial charge in [-0.1, -0.05) is 0 Å². The number of carbonyl (C=O) groups is 1. The van der Waals surface area contributed by atoms with E-state index in [0.29, 0.717) is 11.3 Å². The fraction of sp³-hybridized carbons (Fsp3) is 0.200. The largest absolute Gasteiger partial charge is 0.493 e. The first-order valence-corrected chi connectivity index (χ1v) is 9.15. The van der Waals surface area contributed by atoms with Crippen molar-refractivity contribution >= 4 is 17.2 Å². The molecule has 4 aromatic rings. The average molecular weight is 428 g/mol. The van der Waals surface area contributed by atoms with Crippen molar-refractivity contribution in [2.75, 3.05) is 12.4 Å². The summed E-state index contributed by atoms with van der Waals surface area (Å²) in [6.07, 6.45) is 3.36. The fourth-order valence-corrected chi connectivity index (χ4v) is 3.09. The molecule has 11 heteroatoms. The normalized spacial score (nSPS) is 11.2. The maximum absolute atomic E-state index is 12.7. The van der Waals surface area contributed by atoms with E-state index < -0.39 is 12.5 Å². The third kappa shape index (κ3) is 3.89. The summed E-state index contributed by atoms with van der Waals surface area (Å²) in [5.74, 6) is -0.572. The quantitative estimate of drug-likeness (QED) is 0.506. The molecule has 0 radical (unpaired) electrons. The Morgan fingerprint density at radius 3 is 2.68 bits per heavy atom. The number of hydrogen-bond donors (Lipinski definition) is 1. The van der Waals surface area contributed by atoms with Gasteiger partial charge in [-0.25, -0.2) is 9.50 Å². The highest BCUT2D eigenvalue weighted by Crippen LogP contribution is 2.31. The Morgan fingerprint density at radius 2 is 2.00 bits per heavy atom. The number of amides is 1. The smallest absolute Gasteiger partial charge is 0.387 e. The Bertz CT molecular complexity index is 1270. The van der Waals surface area contributed by atoms with E-state index in [1.54, 1.807) is 33.7 Å². The summed E-state index contributed by atoms with van der Waals surface area (Å²) < 4.78 is 37.7. The molecule has 0 aliphatic carbocycles. The predicted octanol–water partition coefficient (Wildman–Crippen LogP) is 3.30. The van der Waals surface area contributed by atoms with Gasteiger partial charge in [0.2, 0.25) is 0 Å². The van der Waals surface area contributed by atoms with Crippen molar-refractivity contribution in [3.05, 3.63) is 54.1 Å². The van der Waals surface area contributed by atoms with Gasteiger partial charge in [0.25, 0.3) is 5.91 Å². The topological polar surface area (TPSA) is 95.6 Å². The molecular weight excluding hydrogens is 410 g/mol. The zero-order chi connectivity index (χ0) is 22.1. The highest BCUT2D eigenvalue weighted by atomic mass is 19.3. The Kier molecular flexibility index (Phi) is 5.24. The molecule has 0 saturated carbocycles. The predicted molar refractivity (Wildman–Crippen MR) is 108 cm³/mol. The van der Waals surface area contributed by atoms with E-state index in [2.05, 4.69) is 25.2 Å². The van der Waals surface area contributed by atoms with Gasteiger partial charge in [0, 0.05) is 42.3 Å². The van der Waals surface area contributed by atoms with E-state index in [-0.39, 0.29) is 17.2 Å². The number of nitrogens with one attached hydrogen (secondary N) is 1. The molecular formula is C20H18F2N6O3. The molecule has 4 rings (SSSR count). The van der Waals surface area contributed by atoms with Gasteiger partial charge in [0.15, 0.2) is 22.8 Å². The highest BCUT2D eigenvalue weighted by Gasteiger charge is 2.17. The molecule has 0 saturated heterocycles. The molecule has 31 heavy (non-hydrogen) atoms. The van der Waals surface area contributed by atoms with Gasteiger partial charge in [0.05, 0.1) is 19.0 Å². The molecule has 0 unspecified atom stereocenters. The molecule has 3 aromatic heterocycles. The fourth-order valence-electron chi connectivity index (χ4n) is 3.09. The summed E-state index contributed by atoms with van der Waals surface area (Å²) in [4.78, 5) is 17.0. The number of nitrogens with zero attached hydrogens (tertiary/aromatic N) is 5. The standard InChI is InChI=1S/C20H18F2N6O3/c1-11-13(10-24-27(11)2)15-6-7-23-18-9-14(26-28(15)18)19(29)25-12-4-5-16(31-20(21)22)17(8-12)30-3/h4-10,20H,1-3H3,(H,25,29). The van der Waals surface area contributed by atoms with Gasteiger partial charge in [0.1, 0.15) is 0 Å². The van der Waals surface area contributed by atoms with Crippen LogP contribution in [0.2, 0.25) is 0 Å². The maximum atomic E-state index is 12.7. The van der Waals surface area contributed by atoms with Crippen LogP contribution in [0.15, 0.2) is 42.7 Å². The minimum atomic E-state index is -2.99. The van der Waals surface area contributed by atoms with Crippen LogP contribution in [0, 0.1) is 6.92 Å². The number of hydrogen-bond acceptors (Lipinski definition) is 6. The van der Waals surface area contributed by atoms with Crippen molar-refractivity contribution < 1.29 is 23.0 Å². The summed E-state index contributed by atoms with van der Waals surface area (Å²) in [5, 5.41) is 11.3. The molecule has 1 amide bonds. The molecule has 1 aromatic carbocycles. The van der Waals surface area contributed by atoms with Crippen LogP contribution < -0.4 is 14.8 Å². The summed E-state index contributed by atoms with van der Waals surface area (Å²) in [6.45, 7) is -1.06. The molecule has 0 fully saturated rings. The summed E-state index contributed by atoms with van der Waals surface area (Å²) in [7, 11) is 3.15. The zero-order valence-corrected chi connectivity index (χ0v) is 16.8. The molecule has 1 N–H and O–H groups in total. The van der Waals surface area contributed by atoms with Gasteiger partial charge in [-0.05, 0) is 25.1 Å². The van der Waals surface area contributed by atoms with E-state index in [1.807, 2.05) is 14.0 Å². The van der Waals surface area contributed by atoms with E-state index in [0.717, 1.165) is 17.0 Å². The first-order chi connectivity index (χ1) is 14.9. The molecule has 9 nitrogen and oxygen atoms in total. The lowest BCUT2D eigenvalue weighted by Gasteiger charge is -2.11. The van der Waals surface area contributed by atoms with Gasteiger partial charge in [-0.15, -0.1) is 0 Å². The number of aromatic nitrogens is 5. The monoisotopic (exact) mass is 428 g/mol. The van der Waals surface area contributed by atoms with Crippen LogP contribution in [0.1, 0.15) is 16.2 Å². The Labute approximate surface area is 175 Å². The van der Waals surface area contributed by atoms with Gasteiger partial charge in [-0.2, -0.15) is 19.0 Å². The summed E-state index contributed by atoms with van der Waals surface area (Å²) in [6, 6.07) is 7.44. The zero-order valence-electron chi connectivity index (χ0n) is 16.8. The van der Waals surface area contributed by atoms with E-state index >= 15 is 0 Å². The van der Waals surface area contributed by atoms with Gasteiger partial charge in [-0.3, -0.25) is 9.48 Å². The van der Waals surface area contributed by atoms with Crippen molar-refractivity contribution in [1.82, 2.24) is 24.4 Å². The second-order valence-electron chi connectivity index (χ2n) is 6.60. The Hall–Kier alpha value is -4.02. The third-order valence-electron chi connectivity index (χ3n) is 4.74. The maximum Gasteiger partial charge on any atom is 0.387 e. The number of anilines is 1. The van der Waals surface area contributed by atoms with Crippen LogP contribution in [-0.2, 0) is 7.05 Å². The van der Waals surface area contributed by atoms with E-state index in [4.69, 9.17) is 4.74 Å². The SMILES string of the molecule is COc1cc(NC(=O)c2cc3nccc(-c4cnn(C)c4C)n3n2)ccc1OC(F)F. The highest BCUT2D eigenvalue weighted by molar-refractivity contribution is 6.03. The minimum Gasteiger partial charge on any atom is -0.493 e. The number of rotatable bonds is 6. The average Bonchev–Trinajstić information content (AvgIpc) is 3.32. The second-order valence-corrected chi connectivity index (χ2v) is 6.60. The molecule has 0 atom stereocenters. The van der Waals surface area contributed by atoms with Gasteiger partial charge < -0.3 is 14.8 Å². The molecule has 0 spiro atoms. The Morgan fingerprint density at radius 1 is 1.19 bits per heavy atom. The first kappa shape index (κ1) is 20.3. The Balaban J connectivity index is 1.63. The van der Waals surface area contributed by atoms with Crippen LogP contribution in [0.5, 0.6) is 11.5 Å². The van der Waals surface area contributed by atoms with Crippen LogP contribution >= 0.6 is 0 Å². The lowest BCUT2D eigenvalue weighted by Crippen LogP contribution is -2.13. The first-order valence-electron chi connectivity index (χ1n) is 9.15. The van der Waals surface area contributed by atoms with E-state index in [9.17, 15) is 13.6 Å². The number of methoxy groups -OCH3 is 1. The van der Waals surface area contributed by atoms with Crippen molar-refractivity contribution in [2.45, 2.75) is 13.5 Å². The minimum absolute atomic E-state index is 0.0594. The van der Waals surface area contributed by atoms with Crippen LogP contribution in [0.25, 0.3) is 16.9 Å². The summed E-state index contributed by atoms with van der Waals surface area (Å²) >= 11 is 0. The molecule has 0 aliphatic heterocycles. The number of ether oxygens (including phenoxy) is 2. The number of fused-ring (bicyclic) bond motifs is 1. The lowest BCUT2D eigenvalue weighted by molar-refractivity contribution is -0.0512. The van der Waals surface area contributed by atoms with Crippen molar-refractivity contribution in [2.24, 2.45) is 7.05 Å². The number of benzene rings is 1. The molecule has 160 valence electrons.